The minimum atomic E-state index is -3.42. The maximum atomic E-state index is 11.8. The van der Waals surface area contributed by atoms with E-state index in [0.717, 1.165) is 13.0 Å². The van der Waals surface area contributed by atoms with E-state index in [1.165, 1.54) is 0 Å². The first kappa shape index (κ1) is 14.2. The number of sulfonamides is 1. The number of hydrogen-bond acceptors (Lipinski definition) is 4. The molecule has 0 fully saturated rings. The van der Waals surface area contributed by atoms with E-state index in [0.29, 0.717) is 24.6 Å². The lowest BCUT2D eigenvalue weighted by Crippen LogP contribution is -2.23. The van der Waals surface area contributed by atoms with Gasteiger partial charge in [-0.15, -0.1) is 0 Å². The molecule has 1 heterocycles. The third-order valence-corrected chi connectivity index (χ3v) is 3.93. The van der Waals surface area contributed by atoms with Crippen LogP contribution in [-0.4, -0.2) is 21.5 Å². The zero-order chi connectivity index (χ0) is 12.9. The van der Waals surface area contributed by atoms with Gasteiger partial charge in [0.1, 0.15) is 16.4 Å². The van der Waals surface area contributed by atoms with Crippen molar-refractivity contribution >= 4 is 10.0 Å². The minimum absolute atomic E-state index is 0.229. The Morgan fingerprint density at radius 2 is 2.06 bits per heavy atom. The van der Waals surface area contributed by atoms with Crippen molar-refractivity contribution in [1.29, 1.82) is 0 Å². The smallest absolute Gasteiger partial charge is 0.244 e. The zero-order valence-corrected chi connectivity index (χ0v) is 11.4. The van der Waals surface area contributed by atoms with E-state index in [1.807, 2.05) is 0 Å². The molecule has 1 rings (SSSR count). The summed E-state index contributed by atoms with van der Waals surface area (Å²) in [6.07, 6.45) is 1.03. The molecule has 0 unspecified atom stereocenters. The highest BCUT2D eigenvalue weighted by Crippen LogP contribution is 2.19. The van der Waals surface area contributed by atoms with Gasteiger partial charge in [-0.3, -0.25) is 0 Å². The van der Waals surface area contributed by atoms with Crippen LogP contribution in [0.4, 0.5) is 0 Å². The molecular formula is C11H20N2O3S. The van der Waals surface area contributed by atoms with Crippen LogP contribution in [0.15, 0.2) is 15.4 Å². The SMILES string of the molecule is CCCNCc1cc(S(=O)(=O)NCC)c(C)o1. The van der Waals surface area contributed by atoms with Gasteiger partial charge in [0, 0.05) is 12.6 Å². The molecule has 0 aromatic carbocycles. The fraction of sp³-hybridized carbons (Fsp3) is 0.636. The van der Waals surface area contributed by atoms with Gasteiger partial charge in [-0.25, -0.2) is 13.1 Å². The quantitative estimate of drug-likeness (QED) is 0.727. The van der Waals surface area contributed by atoms with Crippen LogP contribution >= 0.6 is 0 Å². The van der Waals surface area contributed by atoms with E-state index in [-0.39, 0.29) is 4.90 Å². The van der Waals surface area contributed by atoms with E-state index in [4.69, 9.17) is 4.42 Å². The van der Waals surface area contributed by atoms with Gasteiger partial charge in [0.05, 0.1) is 6.54 Å². The van der Waals surface area contributed by atoms with Crippen LogP contribution in [0.5, 0.6) is 0 Å². The third-order valence-electron chi connectivity index (χ3n) is 2.27. The third kappa shape index (κ3) is 3.83. The minimum Gasteiger partial charge on any atom is -0.464 e. The number of hydrogen-bond donors (Lipinski definition) is 2. The van der Waals surface area contributed by atoms with Crippen LogP contribution in [0.25, 0.3) is 0 Å². The topological polar surface area (TPSA) is 71.3 Å². The van der Waals surface area contributed by atoms with E-state index in [1.54, 1.807) is 19.9 Å². The molecule has 98 valence electrons. The molecule has 1 aromatic heterocycles. The first-order chi connectivity index (χ1) is 8.01. The number of furan rings is 1. The highest BCUT2D eigenvalue weighted by atomic mass is 32.2. The summed E-state index contributed by atoms with van der Waals surface area (Å²) >= 11 is 0. The van der Waals surface area contributed by atoms with Crippen molar-refractivity contribution in [1.82, 2.24) is 10.0 Å². The fourth-order valence-corrected chi connectivity index (χ4v) is 2.78. The second-order valence-electron chi connectivity index (χ2n) is 3.81. The molecule has 1 aromatic rings. The van der Waals surface area contributed by atoms with Crippen molar-refractivity contribution in [2.24, 2.45) is 0 Å². The van der Waals surface area contributed by atoms with Crippen LogP contribution < -0.4 is 10.0 Å². The van der Waals surface area contributed by atoms with E-state index in [2.05, 4.69) is 17.0 Å². The molecule has 0 atom stereocenters. The predicted molar refractivity (Wildman–Crippen MR) is 66.3 cm³/mol. The van der Waals surface area contributed by atoms with Crippen molar-refractivity contribution in [3.63, 3.8) is 0 Å². The van der Waals surface area contributed by atoms with Crippen molar-refractivity contribution in [2.75, 3.05) is 13.1 Å². The predicted octanol–water partition coefficient (Wildman–Crippen LogP) is 1.39. The van der Waals surface area contributed by atoms with Crippen LogP contribution in [-0.2, 0) is 16.6 Å². The maximum absolute atomic E-state index is 11.8. The second kappa shape index (κ2) is 6.18. The Labute approximate surface area is 103 Å². The molecule has 0 aliphatic carbocycles. The number of rotatable bonds is 7. The Kier molecular flexibility index (Phi) is 5.17. The average Bonchev–Trinajstić information content (AvgIpc) is 2.61. The monoisotopic (exact) mass is 260 g/mol. The normalized spacial score (nSPS) is 11.9. The zero-order valence-electron chi connectivity index (χ0n) is 10.5. The van der Waals surface area contributed by atoms with Crippen LogP contribution in [0.2, 0.25) is 0 Å². The van der Waals surface area contributed by atoms with Crippen molar-refractivity contribution in [2.45, 2.75) is 38.6 Å². The lowest BCUT2D eigenvalue weighted by Gasteiger charge is -2.01. The molecular weight excluding hydrogens is 240 g/mol. The average molecular weight is 260 g/mol. The Morgan fingerprint density at radius 1 is 1.35 bits per heavy atom. The lowest BCUT2D eigenvalue weighted by atomic mass is 10.4. The summed E-state index contributed by atoms with van der Waals surface area (Å²) in [7, 11) is -3.42. The molecule has 0 saturated heterocycles. The summed E-state index contributed by atoms with van der Waals surface area (Å²) in [6.45, 7) is 7.29. The highest BCUT2D eigenvalue weighted by Gasteiger charge is 2.20. The summed E-state index contributed by atoms with van der Waals surface area (Å²) in [6, 6.07) is 1.58. The Bertz CT molecular complexity index is 451. The number of aryl methyl sites for hydroxylation is 1. The molecule has 0 aliphatic rings. The Hall–Kier alpha value is -0.850. The van der Waals surface area contributed by atoms with E-state index < -0.39 is 10.0 Å². The van der Waals surface area contributed by atoms with Gasteiger partial charge in [-0.2, -0.15) is 0 Å². The number of nitrogens with one attached hydrogen (secondary N) is 2. The van der Waals surface area contributed by atoms with Gasteiger partial charge < -0.3 is 9.73 Å². The molecule has 17 heavy (non-hydrogen) atoms. The molecule has 0 bridgehead atoms. The van der Waals surface area contributed by atoms with Crippen molar-refractivity contribution in [3.8, 4) is 0 Å². The maximum Gasteiger partial charge on any atom is 0.244 e. The summed E-state index contributed by atoms with van der Waals surface area (Å²) in [5.41, 5.74) is 0. The molecule has 0 amide bonds. The summed E-state index contributed by atoms with van der Waals surface area (Å²) in [5.74, 6) is 1.08. The molecule has 6 heteroatoms. The summed E-state index contributed by atoms with van der Waals surface area (Å²) < 4.78 is 31.5. The van der Waals surface area contributed by atoms with Crippen molar-refractivity contribution < 1.29 is 12.8 Å². The van der Waals surface area contributed by atoms with Gasteiger partial charge in [0.15, 0.2) is 0 Å². The van der Waals surface area contributed by atoms with Gasteiger partial charge in [0.25, 0.3) is 0 Å². The van der Waals surface area contributed by atoms with Gasteiger partial charge >= 0.3 is 0 Å². The first-order valence-corrected chi connectivity index (χ1v) is 7.29. The van der Waals surface area contributed by atoms with Crippen LogP contribution in [0.1, 0.15) is 31.8 Å². The molecule has 0 spiro atoms. The first-order valence-electron chi connectivity index (χ1n) is 5.81. The molecule has 0 saturated carbocycles. The van der Waals surface area contributed by atoms with Crippen LogP contribution in [0, 0.1) is 6.92 Å². The van der Waals surface area contributed by atoms with E-state index in [9.17, 15) is 8.42 Å². The molecule has 0 aliphatic heterocycles. The van der Waals surface area contributed by atoms with E-state index >= 15 is 0 Å². The summed E-state index contributed by atoms with van der Waals surface area (Å²) in [4.78, 5) is 0.229. The van der Waals surface area contributed by atoms with Gasteiger partial charge in [-0.1, -0.05) is 13.8 Å². The molecule has 2 N–H and O–H groups in total. The highest BCUT2D eigenvalue weighted by molar-refractivity contribution is 7.89. The molecule has 0 radical (unpaired) electrons. The second-order valence-corrected chi connectivity index (χ2v) is 5.55. The van der Waals surface area contributed by atoms with Crippen molar-refractivity contribution in [3.05, 3.63) is 17.6 Å². The van der Waals surface area contributed by atoms with Crippen LogP contribution in [0.3, 0.4) is 0 Å². The lowest BCUT2D eigenvalue weighted by molar-refractivity contribution is 0.457. The standard InChI is InChI=1S/C11H20N2O3S/c1-4-6-12-8-10-7-11(9(3)16-10)17(14,15)13-5-2/h7,12-13H,4-6,8H2,1-3H3. The van der Waals surface area contributed by atoms with Gasteiger partial charge in [0.2, 0.25) is 10.0 Å². The Balaban J connectivity index is 2.81. The largest absolute Gasteiger partial charge is 0.464 e. The Morgan fingerprint density at radius 3 is 2.65 bits per heavy atom. The summed E-state index contributed by atoms with van der Waals surface area (Å²) in [5, 5.41) is 3.17. The van der Waals surface area contributed by atoms with Gasteiger partial charge in [-0.05, 0) is 19.9 Å². The fourth-order valence-electron chi connectivity index (χ4n) is 1.53. The molecule has 5 nitrogen and oxygen atoms in total.